The largest absolute Gasteiger partial charge is 1.00 e. The molecule has 0 saturated heterocycles. The van der Waals surface area contributed by atoms with Crippen molar-refractivity contribution in [2.24, 2.45) is 0 Å². The number of thiol groups is 1. The number of rotatable bonds is 4. The molecule has 2 N–H and O–H groups in total. The fourth-order valence-electron chi connectivity index (χ4n) is 0.300. The Hall–Kier alpha value is 1.57. The smallest absolute Gasteiger partial charge is 0.748 e. The predicted octanol–water partition coefficient (Wildman–Crippen LogP) is -3.32. The van der Waals surface area contributed by atoms with E-state index in [9.17, 15) is 13.0 Å². The Morgan fingerprint density at radius 1 is 1.45 bits per heavy atom. The van der Waals surface area contributed by atoms with Crippen LogP contribution in [0.4, 0.5) is 0 Å². The Labute approximate surface area is 97.7 Å². The summed E-state index contributed by atoms with van der Waals surface area (Å²) in [5.41, 5.74) is 0. The summed E-state index contributed by atoms with van der Waals surface area (Å²) in [7, 11) is -2.76. The van der Waals surface area contributed by atoms with Crippen molar-refractivity contribution in [1.29, 1.82) is 0 Å². The summed E-state index contributed by atoms with van der Waals surface area (Å²) in [5, 5.41) is 0. The van der Waals surface area contributed by atoms with E-state index in [-0.39, 0.29) is 40.8 Å². The van der Waals surface area contributed by atoms with Crippen molar-refractivity contribution in [3.05, 3.63) is 0 Å². The summed E-state index contributed by atoms with van der Waals surface area (Å²) >= 11 is 3.77. The second-order valence-corrected chi connectivity index (χ2v) is 4.41. The zero-order chi connectivity index (χ0) is 7.33. The molecule has 0 aliphatic rings. The Morgan fingerprint density at radius 3 is 2.18 bits per heavy atom. The molecule has 4 nitrogen and oxygen atoms in total. The van der Waals surface area contributed by atoms with Gasteiger partial charge in [0.05, 0.1) is 10.1 Å². The molecule has 0 spiro atoms. The first kappa shape index (κ1) is 18.4. The molecule has 0 aliphatic heterocycles. The first-order valence-corrected chi connectivity index (χ1v) is 5.88. The average Bonchev–Trinajstić information content (AvgIpc) is 1.63. The first-order chi connectivity index (χ1) is 4.06. The monoisotopic (exact) mass is 228 g/mol. The van der Waals surface area contributed by atoms with Crippen LogP contribution in [-0.2, 0) is 10.1 Å². The molecule has 0 rings (SSSR count). The molecule has 0 amide bonds. The molecule has 8 heteroatoms. The van der Waals surface area contributed by atoms with E-state index in [4.69, 9.17) is 0 Å². The van der Waals surface area contributed by atoms with Gasteiger partial charge in [0.25, 0.3) is 0 Å². The summed E-state index contributed by atoms with van der Waals surface area (Å²) in [5.74, 6) is 0.325. The van der Waals surface area contributed by atoms with Crippen molar-refractivity contribution < 1.29 is 48.0 Å². The van der Waals surface area contributed by atoms with E-state index < -0.39 is 10.1 Å². The second-order valence-electron chi connectivity index (χ2n) is 1.45. The summed E-state index contributed by atoms with van der Waals surface area (Å²) in [4.78, 5) is 0. The van der Waals surface area contributed by atoms with Gasteiger partial charge in [-0.25, -0.2) is 8.42 Å². The molecule has 0 fully saturated rings. The van der Waals surface area contributed by atoms with Gasteiger partial charge in [0.1, 0.15) is 0 Å². The molecule has 0 aliphatic carbocycles. The minimum Gasteiger partial charge on any atom is -0.748 e. The summed E-state index contributed by atoms with van der Waals surface area (Å²) in [6, 6.07) is 0. The quantitative estimate of drug-likeness (QED) is 0.179. The van der Waals surface area contributed by atoms with Crippen LogP contribution in [0.25, 0.3) is 0 Å². The van der Waals surface area contributed by atoms with Gasteiger partial charge in [-0.3, -0.25) is 0 Å². The van der Waals surface area contributed by atoms with Gasteiger partial charge in [0.2, 0.25) is 0 Å². The fourth-order valence-corrected chi connectivity index (χ4v) is 1.64. The fraction of sp³-hybridized carbons (Fsp3) is 1.00. The third-order valence-corrected chi connectivity index (χ3v) is 2.44. The van der Waals surface area contributed by atoms with Crippen molar-refractivity contribution >= 4 is 32.6 Å². The number of hydrogen-bond acceptors (Lipinski definition) is 5. The maximum absolute atomic E-state index is 9.92. The first-order valence-electron chi connectivity index (χ1n) is 2.26. The molecule has 0 saturated carbocycles. The maximum atomic E-state index is 9.92. The molecule has 0 aromatic heterocycles. The molecule has 11 heavy (non-hydrogen) atoms. The van der Waals surface area contributed by atoms with Crippen molar-refractivity contribution in [3.63, 3.8) is 0 Å². The van der Waals surface area contributed by atoms with Crippen LogP contribution in [0.2, 0.25) is 0 Å². The van der Waals surface area contributed by atoms with E-state index in [0.717, 1.165) is 0 Å². The van der Waals surface area contributed by atoms with Gasteiger partial charge in [-0.15, -0.1) is 11.7 Å². The van der Waals surface area contributed by atoms with E-state index >= 15 is 0 Å². The molecule has 0 aromatic carbocycles. The number of hydrogen-bond donors (Lipinski definition) is 1. The maximum Gasteiger partial charge on any atom is 1.00 e. The van der Waals surface area contributed by atoms with Gasteiger partial charge >= 0.3 is 29.6 Å². The molecular formula is C3H9NaO4S3. The van der Waals surface area contributed by atoms with Gasteiger partial charge < -0.3 is 10.0 Å². The van der Waals surface area contributed by atoms with Crippen LogP contribution in [0.1, 0.15) is 6.42 Å². The van der Waals surface area contributed by atoms with Crippen LogP contribution >= 0.6 is 22.5 Å². The second kappa shape index (κ2) is 9.66. The van der Waals surface area contributed by atoms with Crippen molar-refractivity contribution in [2.75, 3.05) is 11.5 Å². The molecule has 0 radical (unpaired) electrons. The minimum absolute atomic E-state index is 0. The average molecular weight is 228 g/mol. The summed E-state index contributed by atoms with van der Waals surface area (Å²) < 4.78 is 29.7. The van der Waals surface area contributed by atoms with Gasteiger partial charge in [0.15, 0.2) is 0 Å². The van der Waals surface area contributed by atoms with Crippen LogP contribution in [0.15, 0.2) is 0 Å². The molecule has 0 bridgehead atoms. The van der Waals surface area contributed by atoms with E-state index in [1.807, 2.05) is 0 Å². The van der Waals surface area contributed by atoms with Crippen LogP contribution in [-0.4, -0.2) is 30.0 Å². The van der Waals surface area contributed by atoms with E-state index in [1.54, 1.807) is 0 Å². The van der Waals surface area contributed by atoms with Crippen LogP contribution < -0.4 is 29.6 Å². The topological polar surface area (TPSA) is 88.7 Å². The normalized spacial score (nSPS) is 9.64. The van der Waals surface area contributed by atoms with Crippen LogP contribution in [0, 0.1) is 0 Å². The molecular weight excluding hydrogens is 219 g/mol. The third-order valence-electron chi connectivity index (χ3n) is 0.630. The molecule has 64 valence electrons. The molecule has 0 heterocycles. The SMILES string of the molecule is O.O=S(=O)([O-])CCCSS.[Na+]. The van der Waals surface area contributed by atoms with Crippen molar-refractivity contribution in [2.45, 2.75) is 6.42 Å². The summed E-state index contributed by atoms with van der Waals surface area (Å²) in [6.45, 7) is 0. The Morgan fingerprint density at radius 2 is 1.91 bits per heavy atom. The van der Waals surface area contributed by atoms with Crippen LogP contribution in [0.3, 0.4) is 0 Å². The van der Waals surface area contributed by atoms with Crippen molar-refractivity contribution in [1.82, 2.24) is 0 Å². The Kier molecular flexibility index (Phi) is 16.1. The van der Waals surface area contributed by atoms with Gasteiger partial charge in [-0.1, -0.05) is 10.8 Å². The summed E-state index contributed by atoms with van der Waals surface area (Å²) in [6.07, 6.45) is 0.389. The predicted molar refractivity (Wildman–Crippen MR) is 44.2 cm³/mol. The van der Waals surface area contributed by atoms with E-state index in [0.29, 0.717) is 12.2 Å². The zero-order valence-electron chi connectivity index (χ0n) is 6.11. The molecule has 0 atom stereocenters. The molecule has 0 unspecified atom stereocenters. The van der Waals surface area contributed by atoms with Crippen molar-refractivity contribution in [3.8, 4) is 0 Å². The van der Waals surface area contributed by atoms with E-state index in [2.05, 4.69) is 11.7 Å². The van der Waals surface area contributed by atoms with Crippen LogP contribution in [0.5, 0.6) is 0 Å². The standard InChI is InChI=1S/C3H8O3S3.Na.H2O/c4-9(5,6)3-1-2-8-7;;/h7H,1-3H2,(H,4,5,6);;1H2/q;+1;/p-1. The van der Waals surface area contributed by atoms with Gasteiger partial charge in [-0.05, 0) is 6.42 Å². The van der Waals surface area contributed by atoms with E-state index in [1.165, 1.54) is 10.8 Å². The minimum atomic E-state index is -3.99. The Bertz CT molecular complexity index is 156. The molecule has 0 aromatic rings. The third kappa shape index (κ3) is 18.5. The van der Waals surface area contributed by atoms with Gasteiger partial charge in [-0.2, -0.15) is 0 Å². The zero-order valence-corrected chi connectivity index (χ0v) is 10.6. The van der Waals surface area contributed by atoms with Gasteiger partial charge in [0, 0.05) is 11.5 Å². The Balaban J connectivity index is -0.000000320.